The second-order valence-corrected chi connectivity index (χ2v) is 7.71. The van der Waals surface area contributed by atoms with Crippen molar-refractivity contribution in [2.45, 2.75) is 32.6 Å². The molecule has 0 unspecified atom stereocenters. The summed E-state index contributed by atoms with van der Waals surface area (Å²) in [6.45, 7) is 2.70. The normalized spacial score (nSPS) is 10.3. The molecule has 0 fully saturated rings. The molecule has 2 rings (SSSR count). The summed E-state index contributed by atoms with van der Waals surface area (Å²) in [5.74, 6) is -0.365. The van der Waals surface area contributed by atoms with Gasteiger partial charge in [-0.2, -0.15) is 0 Å². The third-order valence-electron chi connectivity index (χ3n) is 3.85. The maximum Gasteiger partial charge on any atom is 0.273 e. The molecule has 0 saturated carbocycles. The fourth-order valence-corrected chi connectivity index (χ4v) is 3.24. The van der Waals surface area contributed by atoms with Gasteiger partial charge in [0, 0.05) is 8.95 Å². The Morgan fingerprint density at radius 1 is 0.926 bits per heavy atom. The monoisotopic (exact) mass is 496 g/mol. The predicted octanol–water partition coefficient (Wildman–Crippen LogP) is 5.25. The molecule has 0 aliphatic rings. The highest BCUT2D eigenvalue weighted by molar-refractivity contribution is 9.10. The second-order valence-electron chi connectivity index (χ2n) is 5.94. The van der Waals surface area contributed by atoms with E-state index in [1.807, 2.05) is 12.1 Å². The van der Waals surface area contributed by atoms with Gasteiger partial charge in [-0.15, -0.1) is 0 Å². The number of carbonyl (C=O) groups is 2. The van der Waals surface area contributed by atoms with Gasteiger partial charge in [-0.1, -0.05) is 54.2 Å². The van der Waals surface area contributed by atoms with Gasteiger partial charge in [0.25, 0.3) is 11.8 Å². The largest absolute Gasteiger partial charge is 0.493 e. The Morgan fingerprint density at radius 2 is 1.63 bits per heavy atom. The molecule has 2 N–H and O–H groups in total. The van der Waals surface area contributed by atoms with Crippen molar-refractivity contribution in [3.63, 3.8) is 0 Å². The van der Waals surface area contributed by atoms with Crippen LogP contribution < -0.4 is 15.6 Å². The number of nitrogens with one attached hydrogen (secondary N) is 2. The zero-order valence-electron chi connectivity index (χ0n) is 15.1. The Kier molecular flexibility index (Phi) is 8.81. The Labute approximate surface area is 176 Å². The van der Waals surface area contributed by atoms with Crippen molar-refractivity contribution in [2.75, 3.05) is 6.61 Å². The summed E-state index contributed by atoms with van der Waals surface area (Å²) >= 11 is 6.68. The van der Waals surface area contributed by atoms with Crippen LogP contribution in [0.1, 0.15) is 53.3 Å². The lowest BCUT2D eigenvalue weighted by atomic mass is 10.2. The summed E-state index contributed by atoms with van der Waals surface area (Å²) in [7, 11) is 0. The van der Waals surface area contributed by atoms with Gasteiger partial charge in [0.1, 0.15) is 5.75 Å². The van der Waals surface area contributed by atoms with E-state index in [4.69, 9.17) is 4.74 Å². The lowest BCUT2D eigenvalue weighted by molar-refractivity contribution is 0.0844. The number of hydrazine groups is 1. The summed E-state index contributed by atoms with van der Waals surface area (Å²) in [5, 5.41) is 0. The van der Waals surface area contributed by atoms with Gasteiger partial charge >= 0.3 is 0 Å². The van der Waals surface area contributed by atoms with Crippen LogP contribution in [0.25, 0.3) is 0 Å². The molecule has 2 aromatic carbocycles. The van der Waals surface area contributed by atoms with E-state index in [-0.39, 0.29) is 0 Å². The van der Waals surface area contributed by atoms with E-state index in [0.717, 1.165) is 30.2 Å². The molecule has 0 heterocycles. The number of ether oxygens (including phenoxy) is 1. The quantitative estimate of drug-likeness (QED) is 0.386. The van der Waals surface area contributed by atoms with Crippen molar-refractivity contribution in [1.29, 1.82) is 0 Å². The van der Waals surface area contributed by atoms with Crippen molar-refractivity contribution < 1.29 is 14.3 Å². The van der Waals surface area contributed by atoms with Crippen LogP contribution >= 0.6 is 31.9 Å². The van der Waals surface area contributed by atoms with Crippen LogP contribution in [-0.4, -0.2) is 18.4 Å². The van der Waals surface area contributed by atoms with E-state index in [1.165, 1.54) is 0 Å². The summed E-state index contributed by atoms with van der Waals surface area (Å²) < 4.78 is 7.17. The summed E-state index contributed by atoms with van der Waals surface area (Å²) in [6.07, 6.45) is 4.35. The summed E-state index contributed by atoms with van der Waals surface area (Å²) in [5.41, 5.74) is 5.66. The molecule has 0 aromatic heterocycles. The maximum atomic E-state index is 12.5. The summed E-state index contributed by atoms with van der Waals surface area (Å²) in [6, 6.07) is 12.2. The minimum atomic E-state index is -0.444. The number of amides is 2. The molecule has 0 atom stereocenters. The van der Waals surface area contributed by atoms with E-state index in [9.17, 15) is 9.59 Å². The van der Waals surface area contributed by atoms with Crippen molar-refractivity contribution in [3.05, 3.63) is 62.5 Å². The second kappa shape index (κ2) is 11.1. The first kappa shape index (κ1) is 21.4. The van der Waals surface area contributed by atoms with Gasteiger partial charge in [0.15, 0.2) is 0 Å². The number of unbranched alkanes of at least 4 members (excludes halogenated alkanes) is 3. The van der Waals surface area contributed by atoms with E-state index < -0.39 is 11.8 Å². The van der Waals surface area contributed by atoms with Gasteiger partial charge in [-0.05, 0) is 52.7 Å². The standard InChI is InChI=1S/C20H22Br2N2O3/c1-2-3-4-7-12-27-18-11-10-14(21)13-16(18)20(26)24-23-19(25)15-8-5-6-9-17(15)22/h5-6,8-11,13H,2-4,7,12H2,1H3,(H,23,25)(H,24,26). The molecule has 7 heteroatoms. The highest BCUT2D eigenvalue weighted by Gasteiger charge is 2.15. The molecule has 0 radical (unpaired) electrons. The van der Waals surface area contributed by atoms with E-state index in [1.54, 1.807) is 30.3 Å². The number of hydrogen-bond acceptors (Lipinski definition) is 3. The van der Waals surface area contributed by atoms with Crippen molar-refractivity contribution in [2.24, 2.45) is 0 Å². The molecular weight excluding hydrogens is 476 g/mol. The van der Waals surface area contributed by atoms with E-state index in [0.29, 0.717) is 28.0 Å². The lowest BCUT2D eigenvalue weighted by Crippen LogP contribution is -2.41. The average Bonchev–Trinajstić information content (AvgIpc) is 2.67. The molecule has 144 valence electrons. The van der Waals surface area contributed by atoms with Crippen LogP contribution in [-0.2, 0) is 0 Å². The van der Waals surface area contributed by atoms with Gasteiger partial charge in [0.2, 0.25) is 0 Å². The predicted molar refractivity (Wildman–Crippen MR) is 113 cm³/mol. The van der Waals surface area contributed by atoms with Gasteiger partial charge in [0.05, 0.1) is 17.7 Å². The molecule has 0 aliphatic carbocycles. The first-order valence-corrected chi connectivity index (χ1v) is 10.4. The number of carbonyl (C=O) groups excluding carboxylic acids is 2. The highest BCUT2D eigenvalue weighted by Crippen LogP contribution is 2.23. The van der Waals surface area contributed by atoms with Gasteiger partial charge in [-0.25, -0.2) is 0 Å². The number of hydrogen-bond donors (Lipinski definition) is 2. The Balaban J connectivity index is 1.99. The minimum absolute atomic E-state index is 0.354. The zero-order valence-corrected chi connectivity index (χ0v) is 18.2. The smallest absolute Gasteiger partial charge is 0.273 e. The molecule has 2 aromatic rings. The molecule has 0 saturated heterocycles. The molecular formula is C20H22Br2N2O3. The first-order valence-electron chi connectivity index (χ1n) is 8.80. The Hall–Kier alpha value is -1.86. The Morgan fingerprint density at radius 3 is 2.33 bits per heavy atom. The molecule has 5 nitrogen and oxygen atoms in total. The average molecular weight is 498 g/mol. The van der Waals surface area contributed by atoms with Crippen molar-refractivity contribution >= 4 is 43.7 Å². The van der Waals surface area contributed by atoms with Crippen LogP contribution in [0, 0.1) is 0 Å². The van der Waals surface area contributed by atoms with Crippen LogP contribution in [0.15, 0.2) is 51.4 Å². The van der Waals surface area contributed by atoms with Gasteiger partial charge < -0.3 is 4.74 Å². The van der Waals surface area contributed by atoms with E-state index >= 15 is 0 Å². The van der Waals surface area contributed by atoms with Crippen LogP contribution in [0.4, 0.5) is 0 Å². The maximum absolute atomic E-state index is 12.5. The van der Waals surface area contributed by atoms with Crippen LogP contribution in [0.3, 0.4) is 0 Å². The van der Waals surface area contributed by atoms with Gasteiger partial charge in [-0.3, -0.25) is 20.4 Å². The fraction of sp³-hybridized carbons (Fsp3) is 0.300. The Bertz CT molecular complexity index is 797. The fourth-order valence-electron chi connectivity index (χ4n) is 2.41. The van der Waals surface area contributed by atoms with Crippen molar-refractivity contribution in [1.82, 2.24) is 10.9 Å². The molecule has 0 spiro atoms. The molecule has 0 bridgehead atoms. The number of rotatable bonds is 8. The molecule has 2 amide bonds. The third-order valence-corrected chi connectivity index (χ3v) is 5.03. The molecule has 27 heavy (non-hydrogen) atoms. The zero-order chi connectivity index (χ0) is 19.6. The topological polar surface area (TPSA) is 67.4 Å². The number of benzene rings is 2. The van der Waals surface area contributed by atoms with E-state index in [2.05, 4.69) is 49.6 Å². The summed E-state index contributed by atoms with van der Waals surface area (Å²) in [4.78, 5) is 24.8. The number of halogens is 2. The van der Waals surface area contributed by atoms with Crippen LogP contribution in [0.5, 0.6) is 5.75 Å². The highest BCUT2D eigenvalue weighted by atomic mass is 79.9. The first-order chi connectivity index (χ1) is 13.0. The SMILES string of the molecule is CCCCCCOc1ccc(Br)cc1C(=O)NNC(=O)c1ccccc1Br. The molecule has 0 aliphatic heterocycles. The lowest BCUT2D eigenvalue weighted by Gasteiger charge is -2.13. The third kappa shape index (κ3) is 6.66. The van der Waals surface area contributed by atoms with Crippen molar-refractivity contribution in [3.8, 4) is 5.75 Å². The van der Waals surface area contributed by atoms with Crippen LogP contribution in [0.2, 0.25) is 0 Å². The minimum Gasteiger partial charge on any atom is -0.493 e.